The van der Waals surface area contributed by atoms with Crippen LogP contribution in [0.2, 0.25) is 0 Å². The summed E-state index contributed by atoms with van der Waals surface area (Å²) in [4.78, 5) is 0. The van der Waals surface area contributed by atoms with E-state index in [-0.39, 0.29) is 5.83 Å². The fraction of sp³-hybridized carbons (Fsp3) is 0.429. The van der Waals surface area contributed by atoms with Crippen molar-refractivity contribution in [1.29, 1.82) is 0 Å². The summed E-state index contributed by atoms with van der Waals surface area (Å²) in [6.45, 7) is 5.11. The van der Waals surface area contributed by atoms with Crippen LogP contribution in [0.1, 0.15) is 19.8 Å². The Morgan fingerprint density at radius 2 is 2.22 bits per heavy atom. The van der Waals surface area contributed by atoms with Crippen LogP contribution in [0.25, 0.3) is 0 Å². The molecule has 0 aliphatic rings. The van der Waals surface area contributed by atoms with E-state index in [2.05, 4.69) is 6.58 Å². The molecule has 2 N–H and O–H groups in total. The Morgan fingerprint density at radius 3 is 2.56 bits per heavy atom. The van der Waals surface area contributed by atoms with Crippen LogP contribution in [0.3, 0.4) is 0 Å². The van der Waals surface area contributed by atoms with E-state index in [0.717, 1.165) is 0 Å². The van der Waals surface area contributed by atoms with Gasteiger partial charge < -0.3 is 5.73 Å². The molecular formula is C7H12FN. The molecule has 0 aliphatic carbocycles. The first-order chi connectivity index (χ1) is 4.16. The van der Waals surface area contributed by atoms with E-state index in [1.165, 1.54) is 6.08 Å². The molecule has 9 heavy (non-hydrogen) atoms. The van der Waals surface area contributed by atoms with Crippen LogP contribution in [0.15, 0.2) is 24.2 Å². The van der Waals surface area contributed by atoms with Gasteiger partial charge in [0.05, 0.1) is 5.83 Å². The van der Waals surface area contributed by atoms with Crippen molar-refractivity contribution in [2.24, 2.45) is 5.73 Å². The second-order valence-corrected chi connectivity index (χ2v) is 1.89. The number of nitrogens with two attached hydrogens (primary N) is 1. The summed E-state index contributed by atoms with van der Waals surface area (Å²) in [5, 5.41) is 0. The van der Waals surface area contributed by atoms with Gasteiger partial charge in [-0.2, -0.15) is 0 Å². The molecule has 2 heteroatoms. The zero-order valence-corrected chi connectivity index (χ0v) is 5.65. The molecule has 0 unspecified atom stereocenters. The molecule has 1 nitrogen and oxygen atoms in total. The largest absolute Gasteiger partial charge is 0.403 e. The van der Waals surface area contributed by atoms with Gasteiger partial charge in [0.1, 0.15) is 0 Å². The molecule has 0 aliphatic heterocycles. The molecule has 0 saturated heterocycles. The highest BCUT2D eigenvalue weighted by Crippen LogP contribution is 2.07. The lowest BCUT2D eigenvalue weighted by atomic mass is 10.2. The van der Waals surface area contributed by atoms with Crippen LogP contribution in [0.5, 0.6) is 0 Å². The van der Waals surface area contributed by atoms with Crippen LogP contribution < -0.4 is 5.73 Å². The molecule has 0 bridgehead atoms. The summed E-state index contributed by atoms with van der Waals surface area (Å²) >= 11 is 0. The monoisotopic (exact) mass is 129 g/mol. The van der Waals surface area contributed by atoms with Crippen molar-refractivity contribution in [1.82, 2.24) is 0 Å². The molecule has 0 amide bonds. The second kappa shape index (κ2) is 4.13. The molecule has 0 spiro atoms. The van der Waals surface area contributed by atoms with Crippen LogP contribution in [-0.4, -0.2) is 0 Å². The minimum atomic E-state index is -0.124. The lowest BCUT2D eigenvalue weighted by Crippen LogP contribution is -1.93. The smallest absolute Gasteiger partial charge is 0.0960 e. The van der Waals surface area contributed by atoms with E-state index in [1.54, 1.807) is 6.92 Å². The Morgan fingerprint density at radius 1 is 1.67 bits per heavy atom. The maximum Gasteiger partial charge on any atom is 0.0960 e. The molecule has 52 valence electrons. The van der Waals surface area contributed by atoms with E-state index in [0.29, 0.717) is 18.5 Å². The Balaban J connectivity index is 3.39. The maximum absolute atomic E-state index is 12.3. The van der Waals surface area contributed by atoms with Gasteiger partial charge in [-0.15, -0.1) is 0 Å². The summed E-state index contributed by atoms with van der Waals surface area (Å²) in [7, 11) is 0. The van der Waals surface area contributed by atoms with Crippen molar-refractivity contribution in [2.45, 2.75) is 19.8 Å². The molecule has 0 aromatic carbocycles. The Kier molecular flexibility index (Phi) is 3.76. The molecule has 0 aromatic rings. The van der Waals surface area contributed by atoms with Crippen molar-refractivity contribution in [3.63, 3.8) is 0 Å². The minimum Gasteiger partial charge on any atom is -0.403 e. The Hall–Kier alpha value is -0.790. The molecule has 0 fully saturated rings. The Labute approximate surface area is 55.1 Å². The number of rotatable bonds is 3. The molecule has 0 atom stereocenters. The maximum atomic E-state index is 12.3. The van der Waals surface area contributed by atoms with Crippen molar-refractivity contribution >= 4 is 0 Å². The van der Waals surface area contributed by atoms with Crippen molar-refractivity contribution in [3.8, 4) is 0 Å². The van der Waals surface area contributed by atoms with E-state index < -0.39 is 0 Å². The lowest BCUT2D eigenvalue weighted by Gasteiger charge is -1.94. The average Bonchev–Trinajstić information content (AvgIpc) is 1.83. The van der Waals surface area contributed by atoms with E-state index in [4.69, 9.17) is 5.73 Å². The van der Waals surface area contributed by atoms with Crippen LogP contribution in [0, 0.1) is 0 Å². The third kappa shape index (κ3) is 5.07. The summed E-state index contributed by atoms with van der Waals surface area (Å²) in [5.74, 6) is -0.124. The fourth-order valence-electron chi connectivity index (χ4n) is 0.424. The molecule has 0 rings (SSSR count). The molecule has 0 saturated carbocycles. The lowest BCUT2D eigenvalue weighted by molar-refractivity contribution is 0.585. The predicted octanol–water partition coefficient (Wildman–Crippen LogP) is 2.11. The van der Waals surface area contributed by atoms with E-state index in [9.17, 15) is 4.39 Å². The number of hydrogen-bond acceptors (Lipinski definition) is 1. The highest BCUT2D eigenvalue weighted by molar-refractivity contribution is 4.95. The van der Waals surface area contributed by atoms with Crippen molar-refractivity contribution in [3.05, 3.63) is 24.2 Å². The van der Waals surface area contributed by atoms with Gasteiger partial charge in [-0.3, -0.25) is 0 Å². The minimum absolute atomic E-state index is 0.124. The van der Waals surface area contributed by atoms with Gasteiger partial charge in [0.2, 0.25) is 0 Å². The fourth-order valence-corrected chi connectivity index (χ4v) is 0.424. The molecule has 0 radical (unpaired) electrons. The molecular weight excluding hydrogens is 117 g/mol. The zero-order chi connectivity index (χ0) is 7.28. The topological polar surface area (TPSA) is 26.0 Å². The quantitative estimate of drug-likeness (QED) is 0.620. The van der Waals surface area contributed by atoms with Gasteiger partial charge in [0, 0.05) is 12.1 Å². The average molecular weight is 129 g/mol. The number of allylic oxidation sites excluding steroid dienone is 3. The third-order valence-electron chi connectivity index (χ3n) is 0.998. The number of halogens is 1. The summed E-state index contributed by atoms with van der Waals surface area (Å²) < 4.78 is 12.3. The zero-order valence-electron chi connectivity index (χ0n) is 5.65. The molecule has 0 aromatic heterocycles. The standard InChI is InChI=1S/C7H12FN/c1-3-7(8)5-4-6(2)9/h3H,2,4-5,9H2,1H3/b7-3+. The van der Waals surface area contributed by atoms with Crippen LogP contribution in [0.4, 0.5) is 4.39 Å². The Bertz CT molecular complexity index is 127. The first-order valence-corrected chi connectivity index (χ1v) is 2.90. The summed E-state index contributed by atoms with van der Waals surface area (Å²) in [6.07, 6.45) is 2.35. The number of hydrogen-bond donors (Lipinski definition) is 1. The van der Waals surface area contributed by atoms with Gasteiger partial charge >= 0.3 is 0 Å². The SMILES string of the molecule is C=C(N)CC/C(F)=C\C. The third-order valence-corrected chi connectivity index (χ3v) is 0.998. The predicted molar refractivity (Wildman–Crippen MR) is 37.4 cm³/mol. The summed E-state index contributed by atoms with van der Waals surface area (Å²) in [5.41, 5.74) is 5.74. The van der Waals surface area contributed by atoms with Crippen molar-refractivity contribution in [2.75, 3.05) is 0 Å². The van der Waals surface area contributed by atoms with Crippen LogP contribution >= 0.6 is 0 Å². The van der Waals surface area contributed by atoms with Gasteiger partial charge in [-0.25, -0.2) is 4.39 Å². The van der Waals surface area contributed by atoms with Gasteiger partial charge in [-0.1, -0.05) is 12.7 Å². The highest BCUT2D eigenvalue weighted by atomic mass is 19.1. The second-order valence-electron chi connectivity index (χ2n) is 1.89. The van der Waals surface area contributed by atoms with Gasteiger partial charge in [-0.05, 0) is 13.3 Å². The highest BCUT2D eigenvalue weighted by Gasteiger charge is 1.92. The van der Waals surface area contributed by atoms with E-state index in [1.807, 2.05) is 0 Å². The van der Waals surface area contributed by atoms with Gasteiger partial charge in [0.25, 0.3) is 0 Å². The first-order valence-electron chi connectivity index (χ1n) is 2.90. The normalized spacial score (nSPS) is 11.6. The molecule has 0 heterocycles. The summed E-state index contributed by atoms with van der Waals surface area (Å²) in [6, 6.07) is 0. The van der Waals surface area contributed by atoms with Crippen molar-refractivity contribution < 1.29 is 4.39 Å². The van der Waals surface area contributed by atoms with Crippen LogP contribution in [-0.2, 0) is 0 Å². The van der Waals surface area contributed by atoms with Gasteiger partial charge in [0.15, 0.2) is 0 Å². The van der Waals surface area contributed by atoms with E-state index >= 15 is 0 Å². The first kappa shape index (κ1) is 8.21.